The van der Waals surface area contributed by atoms with Crippen LogP contribution < -0.4 is 0 Å². The van der Waals surface area contributed by atoms with E-state index in [-0.39, 0.29) is 0 Å². The van der Waals surface area contributed by atoms with Crippen molar-refractivity contribution in [3.05, 3.63) is 0 Å². The molecule has 15 nitrogen and oxygen atoms in total. The van der Waals surface area contributed by atoms with E-state index in [9.17, 15) is 51.1 Å². The van der Waals surface area contributed by atoms with Gasteiger partial charge in [0, 0.05) is 0 Å². The van der Waals surface area contributed by atoms with Gasteiger partial charge in [-0.15, -0.1) is 0 Å². The van der Waals surface area contributed by atoms with Gasteiger partial charge in [-0.05, 0) is 6.92 Å². The van der Waals surface area contributed by atoms with E-state index in [4.69, 9.17) is 23.7 Å². The summed E-state index contributed by atoms with van der Waals surface area (Å²) in [5.74, 6) is 0. The van der Waals surface area contributed by atoms with Gasteiger partial charge in [0.1, 0.15) is 67.1 Å². The SMILES string of the molecule is CC1OC(OC2C(CO)OC(OCC3OC(O)C(O)C(O)C3O)C(O)C2O)C(O)C(O)C1O. The first-order chi connectivity index (χ1) is 15.5. The Labute approximate surface area is 187 Å². The Morgan fingerprint density at radius 1 is 0.606 bits per heavy atom. The Morgan fingerprint density at radius 3 is 1.85 bits per heavy atom. The Hall–Kier alpha value is -0.600. The topological polar surface area (TPSA) is 248 Å². The third-order valence-corrected chi connectivity index (χ3v) is 6.03. The fourth-order valence-corrected chi connectivity index (χ4v) is 3.90. The molecular weight excluding hydrogens is 456 g/mol. The van der Waals surface area contributed by atoms with Crippen LogP contribution in [-0.4, -0.2) is 156 Å². The molecule has 15 atom stereocenters. The van der Waals surface area contributed by atoms with Crippen molar-refractivity contribution in [2.24, 2.45) is 0 Å². The van der Waals surface area contributed by atoms with Crippen LogP contribution in [0.1, 0.15) is 6.92 Å². The van der Waals surface area contributed by atoms with Gasteiger partial charge in [0.05, 0.1) is 19.3 Å². The summed E-state index contributed by atoms with van der Waals surface area (Å²) in [5, 5.41) is 99.2. The minimum atomic E-state index is -1.80. The zero-order chi connectivity index (χ0) is 24.6. The van der Waals surface area contributed by atoms with Crippen LogP contribution in [0.15, 0.2) is 0 Å². The van der Waals surface area contributed by atoms with Crippen LogP contribution in [0.4, 0.5) is 0 Å². The monoisotopic (exact) mass is 488 g/mol. The molecule has 0 amide bonds. The van der Waals surface area contributed by atoms with Gasteiger partial charge >= 0.3 is 0 Å². The van der Waals surface area contributed by atoms with Crippen LogP contribution in [0.25, 0.3) is 0 Å². The van der Waals surface area contributed by atoms with Crippen LogP contribution in [-0.2, 0) is 23.7 Å². The summed E-state index contributed by atoms with van der Waals surface area (Å²) in [5.41, 5.74) is 0. The van der Waals surface area contributed by atoms with Crippen LogP contribution in [0, 0.1) is 0 Å². The minimum absolute atomic E-state index is 0.549. The summed E-state index contributed by atoms with van der Waals surface area (Å²) >= 11 is 0. The van der Waals surface area contributed by atoms with E-state index >= 15 is 0 Å². The molecule has 0 spiro atoms. The summed E-state index contributed by atoms with van der Waals surface area (Å²) in [7, 11) is 0. The molecule has 0 saturated carbocycles. The van der Waals surface area contributed by atoms with E-state index < -0.39 is 105 Å². The Morgan fingerprint density at radius 2 is 1.21 bits per heavy atom. The molecule has 0 aliphatic carbocycles. The molecule has 3 heterocycles. The maximum atomic E-state index is 10.5. The molecule has 0 radical (unpaired) electrons. The average molecular weight is 488 g/mol. The second-order valence-electron chi connectivity index (χ2n) is 8.36. The highest BCUT2D eigenvalue weighted by Crippen LogP contribution is 2.30. The largest absolute Gasteiger partial charge is 0.394 e. The highest BCUT2D eigenvalue weighted by Gasteiger charge is 2.51. The molecule has 0 aromatic carbocycles. The zero-order valence-electron chi connectivity index (χ0n) is 17.6. The van der Waals surface area contributed by atoms with Crippen molar-refractivity contribution in [2.45, 2.75) is 99.0 Å². The van der Waals surface area contributed by atoms with Crippen molar-refractivity contribution in [3.8, 4) is 0 Å². The first-order valence-corrected chi connectivity index (χ1v) is 10.4. The van der Waals surface area contributed by atoms with Gasteiger partial charge in [-0.2, -0.15) is 0 Å². The lowest BCUT2D eigenvalue weighted by atomic mass is 9.97. The Balaban J connectivity index is 1.62. The Bertz CT molecular complexity index is 622. The van der Waals surface area contributed by atoms with E-state index in [0.29, 0.717) is 0 Å². The molecule has 3 aliphatic rings. The number of hydrogen-bond acceptors (Lipinski definition) is 15. The first kappa shape index (κ1) is 27.0. The number of aliphatic hydroxyl groups is 10. The van der Waals surface area contributed by atoms with Crippen LogP contribution in [0.2, 0.25) is 0 Å². The molecule has 15 unspecified atom stereocenters. The lowest BCUT2D eigenvalue weighted by molar-refractivity contribution is -0.361. The lowest BCUT2D eigenvalue weighted by Crippen LogP contribution is -2.64. The molecular formula is C18H32O15. The fourth-order valence-electron chi connectivity index (χ4n) is 3.90. The van der Waals surface area contributed by atoms with Crippen molar-refractivity contribution in [1.29, 1.82) is 0 Å². The van der Waals surface area contributed by atoms with Crippen LogP contribution in [0.5, 0.6) is 0 Å². The van der Waals surface area contributed by atoms with Crippen LogP contribution in [0.3, 0.4) is 0 Å². The lowest BCUT2D eigenvalue weighted by Gasteiger charge is -2.46. The molecule has 10 N–H and O–H groups in total. The second kappa shape index (κ2) is 11.0. The molecule has 33 heavy (non-hydrogen) atoms. The van der Waals surface area contributed by atoms with Gasteiger partial charge < -0.3 is 74.7 Å². The molecule has 194 valence electrons. The van der Waals surface area contributed by atoms with E-state index in [1.165, 1.54) is 6.92 Å². The van der Waals surface area contributed by atoms with Gasteiger partial charge in [0.15, 0.2) is 18.9 Å². The maximum Gasteiger partial charge on any atom is 0.187 e. The van der Waals surface area contributed by atoms with Crippen LogP contribution >= 0.6 is 0 Å². The molecule has 3 aliphatic heterocycles. The smallest absolute Gasteiger partial charge is 0.187 e. The van der Waals surface area contributed by atoms with Crippen molar-refractivity contribution in [1.82, 2.24) is 0 Å². The first-order valence-electron chi connectivity index (χ1n) is 10.4. The normalized spacial score (nSPS) is 53.7. The number of ether oxygens (including phenoxy) is 5. The van der Waals surface area contributed by atoms with Crippen molar-refractivity contribution >= 4 is 0 Å². The highest BCUT2D eigenvalue weighted by molar-refractivity contribution is 4.94. The predicted octanol–water partition coefficient (Wildman–Crippen LogP) is -6.55. The number of rotatable bonds is 6. The summed E-state index contributed by atoms with van der Waals surface area (Å²) in [4.78, 5) is 0. The third-order valence-electron chi connectivity index (χ3n) is 6.03. The predicted molar refractivity (Wildman–Crippen MR) is 99.8 cm³/mol. The van der Waals surface area contributed by atoms with Gasteiger partial charge in [0.2, 0.25) is 0 Å². The molecule has 3 fully saturated rings. The highest BCUT2D eigenvalue weighted by atomic mass is 16.7. The van der Waals surface area contributed by atoms with Crippen molar-refractivity contribution in [3.63, 3.8) is 0 Å². The molecule has 3 saturated heterocycles. The number of hydrogen-bond donors (Lipinski definition) is 10. The van der Waals surface area contributed by atoms with E-state index in [1.54, 1.807) is 0 Å². The maximum absolute atomic E-state index is 10.5. The van der Waals surface area contributed by atoms with Gasteiger partial charge in [-0.1, -0.05) is 0 Å². The average Bonchev–Trinajstić information content (AvgIpc) is 2.79. The Kier molecular flexibility index (Phi) is 8.99. The molecule has 0 aromatic rings. The van der Waals surface area contributed by atoms with E-state index in [2.05, 4.69) is 0 Å². The fraction of sp³-hybridized carbons (Fsp3) is 1.00. The summed E-state index contributed by atoms with van der Waals surface area (Å²) < 4.78 is 26.4. The van der Waals surface area contributed by atoms with Gasteiger partial charge in [-0.25, -0.2) is 0 Å². The molecule has 15 heteroatoms. The molecule has 3 rings (SSSR count). The van der Waals surface area contributed by atoms with Crippen molar-refractivity contribution in [2.75, 3.05) is 13.2 Å². The second-order valence-corrected chi connectivity index (χ2v) is 8.36. The summed E-state index contributed by atoms with van der Waals surface area (Å²) in [6.45, 7) is 0.136. The molecule has 0 aromatic heterocycles. The zero-order valence-corrected chi connectivity index (χ0v) is 17.6. The van der Waals surface area contributed by atoms with Gasteiger partial charge in [-0.3, -0.25) is 0 Å². The minimum Gasteiger partial charge on any atom is -0.394 e. The summed E-state index contributed by atoms with van der Waals surface area (Å²) in [6, 6.07) is 0. The van der Waals surface area contributed by atoms with E-state index in [0.717, 1.165) is 0 Å². The van der Waals surface area contributed by atoms with E-state index in [1.807, 2.05) is 0 Å². The quantitative estimate of drug-likeness (QED) is 0.167. The molecule has 0 bridgehead atoms. The van der Waals surface area contributed by atoms with Gasteiger partial charge in [0.25, 0.3) is 0 Å². The summed E-state index contributed by atoms with van der Waals surface area (Å²) in [6.07, 6.45) is -23.3. The number of aliphatic hydroxyl groups excluding tert-OH is 10. The third kappa shape index (κ3) is 5.48. The standard InChI is InChI=1S/C18H32O15/c1-4-7(20)9(22)13(26)18(30-4)33-15-5(2-19)32-17(14(27)11(15)24)29-3-6-8(21)10(23)12(25)16(28)31-6/h4-28H,2-3H2,1H3. The van der Waals surface area contributed by atoms with Crippen molar-refractivity contribution < 1.29 is 74.7 Å².